The SMILES string of the molecule is COC(=O)C1=C(OC)C(=O)OC12C(=O)N(Cc1ccccc1)c1ccc(Br)cc12. The Morgan fingerprint density at radius 3 is 2.52 bits per heavy atom. The fourth-order valence-electron chi connectivity index (χ4n) is 3.73. The van der Waals surface area contributed by atoms with Crippen LogP contribution >= 0.6 is 15.9 Å². The molecule has 8 heteroatoms. The number of halogens is 1. The second kappa shape index (κ2) is 7.04. The molecule has 4 rings (SSSR count). The standard InChI is InChI=1S/C21H16BrNO6/c1-27-17-16(18(24)28-2)21(29-19(17)25)14-10-13(22)8-9-15(14)23(20(21)26)11-12-6-4-3-5-7-12/h3-10H,11H2,1-2H3. The maximum Gasteiger partial charge on any atom is 0.376 e. The first-order chi connectivity index (χ1) is 13.9. The summed E-state index contributed by atoms with van der Waals surface area (Å²) in [4.78, 5) is 40.3. The van der Waals surface area contributed by atoms with Crippen LogP contribution in [0.25, 0.3) is 0 Å². The van der Waals surface area contributed by atoms with Crippen molar-refractivity contribution in [3.8, 4) is 0 Å². The number of esters is 2. The van der Waals surface area contributed by atoms with Gasteiger partial charge in [-0.3, -0.25) is 4.79 Å². The van der Waals surface area contributed by atoms with E-state index in [2.05, 4.69) is 15.9 Å². The minimum Gasteiger partial charge on any atom is -0.489 e. The highest BCUT2D eigenvalue weighted by Gasteiger charge is 2.65. The number of rotatable bonds is 4. The topological polar surface area (TPSA) is 82.1 Å². The molecule has 0 saturated heterocycles. The number of ether oxygens (including phenoxy) is 3. The third-order valence-corrected chi connectivity index (χ3v) is 5.46. The summed E-state index contributed by atoms with van der Waals surface area (Å²) in [6.45, 7) is 0.240. The van der Waals surface area contributed by atoms with Crippen LogP contribution in [-0.4, -0.2) is 32.1 Å². The Morgan fingerprint density at radius 2 is 1.86 bits per heavy atom. The first-order valence-electron chi connectivity index (χ1n) is 8.70. The van der Waals surface area contributed by atoms with Crippen LogP contribution in [-0.2, 0) is 40.7 Å². The van der Waals surface area contributed by atoms with E-state index in [1.807, 2.05) is 30.3 Å². The Hall–Kier alpha value is -3.13. The van der Waals surface area contributed by atoms with Gasteiger partial charge in [0.1, 0.15) is 5.57 Å². The maximum atomic E-state index is 13.7. The van der Waals surface area contributed by atoms with Crippen molar-refractivity contribution in [3.05, 3.63) is 75.5 Å². The van der Waals surface area contributed by atoms with Crippen molar-refractivity contribution in [2.24, 2.45) is 0 Å². The fourth-order valence-corrected chi connectivity index (χ4v) is 4.09. The number of carbonyl (C=O) groups excluding carboxylic acids is 3. The van der Waals surface area contributed by atoms with Crippen molar-refractivity contribution in [1.29, 1.82) is 0 Å². The van der Waals surface area contributed by atoms with Gasteiger partial charge < -0.3 is 19.1 Å². The van der Waals surface area contributed by atoms with Crippen LogP contribution in [0.2, 0.25) is 0 Å². The Balaban J connectivity index is 1.94. The smallest absolute Gasteiger partial charge is 0.376 e. The van der Waals surface area contributed by atoms with E-state index in [1.54, 1.807) is 18.2 Å². The molecule has 1 atom stereocenters. The highest BCUT2D eigenvalue weighted by Crippen LogP contribution is 2.52. The van der Waals surface area contributed by atoms with Crippen molar-refractivity contribution in [2.45, 2.75) is 12.1 Å². The summed E-state index contributed by atoms with van der Waals surface area (Å²) in [7, 11) is 2.41. The fraction of sp³-hybridized carbons (Fsp3) is 0.190. The van der Waals surface area contributed by atoms with Crippen LogP contribution in [0.5, 0.6) is 0 Å². The Morgan fingerprint density at radius 1 is 1.14 bits per heavy atom. The predicted octanol–water partition coefficient (Wildman–Crippen LogP) is 2.82. The third kappa shape index (κ3) is 2.74. The van der Waals surface area contributed by atoms with Gasteiger partial charge in [-0.15, -0.1) is 0 Å². The lowest BCUT2D eigenvalue weighted by atomic mass is 9.87. The lowest BCUT2D eigenvalue weighted by Crippen LogP contribution is -2.44. The molecule has 1 spiro atoms. The second-order valence-electron chi connectivity index (χ2n) is 6.51. The Labute approximate surface area is 175 Å². The number of methoxy groups -OCH3 is 2. The van der Waals surface area contributed by atoms with Crippen molar-refractivity contribution in [3.63, 3.8) is 0 Å². The number of amides is 1. The number of nitrogens with zero attached hydrogens (tertiary/aromatic N) is 1. The van der Waals surface area contributed by atoms with Crippen molar-refractivity contribution in [2.75, 3.05) is 19.1 Å². The van der Waals surface area contributed by atoms with Crippen LogP contribution in [0.15, 0.2) is 64.3 Å². The maximum absolute atomic E-state index is 13.7. The van der Waals surface area contributed by atoms with Gasteiger partial charge in [-0.05, 0) is 23.8 Å². The number of fused-ring (bicyclic) bond motifs is 2. The van der Waals surface area contributed by atoms with Crippen molar-refractivity contribution < 1.29 is 28.6 Å². The largest absolute Gasteiger partial charge is 0.489 e. The number of carbonyl (C=O) groups is 3. The van der Waals surface area contributed by atoms with Crippen molar-refractivity contribution in [1.82, 2.24) is 0 Å². The first kappa shape index (κ1) is 19.2. The Kier molecular flexibility index (Phi) is 4.66. The van der Waals surface area contributed by atoms with Crippen molar-refractivity contribution >= 4 is 39.5 Å². The molecule has 0 saturated carbocycles. The van der Waals surface area contributed by atoms with Gasteiger partial charge in [-0.25, -0.2) is 9.59 Å². The van der Waals surface area contributed by atoms with Gasteiger partial charge in [-0.2, -0.15) is 0 Å². The molecule has 2 aromatic carbocycles. The first-order valence-corrected chi connectivity index (χ1v) is 9.49. The number of benzene rings is 2. The molecule has 0 bridgehead atoms. The summed E-state index contributed by atoms with van der Waals surface area (Å²) in [6.07, 6.45) is 0. The molecule has 0 aromatic heterocycles. The molecule has 2 aromatic rings. The summed E-state index contributed by atoms with van der Waals surface area (Å²) in [5.41, 5.74) is -0.426. The molecule has 0 fully saturated rings. The lowest BCUT2D eigenvalue weighted by Gasteiger charge is -2.24. The van der Waals surface area contributed by atoms with Gasteiger partial charge in [-0.1, -0.05) is 46.3 Å². The molecule has 2 aliphatic heterocycles. The lowest BCUT2D eigenvalue weighted by molar-refractivity contribution is -0.159. The quantitative estimate of drug-likeness (QED) is 0.656. The molecule has 2 aliphatic rings. The molecular formula is C21H16BrNO6. The van der Waals surface area contributed by atoms with Gasteiger partial charge >= 0.3 is 11.9 Å². The van der Waals surface area contributed by atoms with Gasteiger partial charge in [0.05, 0.1) is 26.5 Å². The zero-order valence-electron chi connectivity index (χ0n) is 15.6. The minimum absolute atomic E-state index is 0.240. The average Bonchev–Trinajstić information content (AvgIpc) is 3.15. The molecule has 29 heavy (non-hydrogen) atoms. The van der Waals surface area contributed by atoms with E-state index in [0.29, 0.717) is 15.7 Å². The highest BCUT2D eigenvalue weighted by molar-refractivity contribution is 9.10. The van der Waals surface area contributed by atoms with E-state index >= 15 is 0 Å². The molecule has 7 nitrogen and oxygen atoms in total. The molecular weight excluding hydrogens is 442 g/mol. The number of hydrogen-bond acceptors (Lipinski definition) is 6. The zero-order valence-corrected chi connectivity index (χ0v) is 17.2. The van der Waals surface area contributed by atoms with Crippen LogP contribution in [0.3, 0.4) is 0 Å². The normalized spacial score (nSPS) is 20.2. The average molecular weight is 458 g/mol. The van der Waals surface area contributed by atoms with E-state index in [-0.39, 0.29) is 17.9 Å². The van der Waals surface area contributed by atoms with E-state index in [4.69, 9.17) is 14.2 Å². The van der Waals surface area contributed by atoms with E-state index < -0.39 is 23.4 Å². The molecule has 0 aliphatic carbocycles. The predicted molar refractivity (Wildman–Crippen MR) is 106 cm³/mol. The van der Waals surface area contributed by atoms with Crippen LogP contribution in [0.1, 0.15) is 11.1 Å². The highest BCUT2D eigenvalue weighted by atomic mass is 79.9. The summed E-state index contributed by atoms with van der Waals surface area (Å²) < 4.78 is 16.2. The van der Waals surface area contributed by atoms with Crippen LogP contribution in [0.4, 0.5) is 5.69 Å². The van der Waals surface area contributed by atoms with Gasteiger partial charge in [0, 0.05) is 10.0 Å². The molecule has 0 radical (unpaired) electrons. The molecule has 148 valence electrons. The van der Waals surface area contributed by atoms with E-state index in [1.165, 1.54) is 19.1 Å². The summed E-state index contributed by atoms with van der Waals surface area (Å²) in [5.74, 6) is -2.66. The summed E-state index contributed by atoms with van der Waals surface area (Å²) in [5, 5.41) is 0. The summed E-state index contributed by atoms with van der Waals surface area (Å²) >= 11 is 3.39. The van der Waals surface area contributed by atoms with E-state index in [0.717, 1.165) is 5.56 Å². The second-order valence-corrected chi connectivity index (χ2v) is 7.42. The molecule has 2 heterocycles. The number of anilines is 1. The summed E-state index contributed by atoms with van der Waals surface area (Å²) in [6, 6.07) is 14.6. The molecule has 1 amide bonds. The molecule has 0 N–H and O–H groups in total. The minimum atomic E-state index is -1.95. The Bertz CT molecular complexity index is 1060. The van der Waals surface area contributed by atoms with Gasteiger partial charge in [0.2, 0.25) is 5.76 Å². The van der Waals surface area contributed by atoms with Gasteiger partial charge in [0.15, 0.2) is 0 Å². The molecule has 1 unspecified atom stereocenters. The third-order valence-electron chi connectivity index (χ3n) is 4.96. The van der Waals surface area contributed by atoms with Gasteiger partial charge in [0.25, 0.3) is 11.5 Å². The zero-order chi connectivity index (χ0) is 20.8. The van der Waals surface area contributed by atoms with E-state index in [9.17, 15) is 14.4 Å². The van der Waals surface area contributed by atoms with Crippen LogP contribution in [0, 0.1) is 0 Å². The van der Waals surface area contributed by atoms with Crippen LogP contribution < -0.4 is 4.90 Å². The monoisotopic (exact) mass is 457 g/mol. The number of hydrogen-bond donors (Lipinski definition) is 0.